The van der Waals surface area contributed by atoms with Crippen LogP contribution >= 0.6 is 0 Å². The monoisotopic (exact) mass is 618 g/mol. The fourth-order valence-corrected chi connectivity index (χ4v) is 5.38. The number of allylic oxidation sites excluding steroid dienone is 1. The predicted molar refractivity (Wildman–Crippen MR) is 170 cm³/mol. The van der Waals surface area contributed by atoms with Crippen LogP contribution in [0.25, 0.3) is 17.0 Å². The Morgan fingerprint density at radius 1 is 1.02 bits per heavy atom. The van der Waals surface area contributed by atoms with E-state index >= 15 is 0 Å². The van der Waals surface area contributed by atoms with E-state index in [4.69, 9.17) is 14.2 Å². The number of ether oxygens (including phenoxy) is 3. The number of rotatable bonds is 5. The molecule has 11 heteroatoms. The van der Waals surface area contributed by atoms with E-state index in [0.29, 0.717) is 56.1 Å². The van der Waals surface area contributed by atoms with Gasteiger partial charge < -0.3 is 34.1 Å². The Morgan fingerprint density at radius 2 is 1.71 bits per heavy atom. The van der Waals surface area contributed by atoms with Gasteiger partial charge in [0.25, 0.3) is 0 Å². The van der Waals surface area contributed by atoms with E-state index in [1.54, 1.807) is 30.3 Å². The number of hydrogen-bond donors (Lipinski definition) is 2. The number of fused-ring (bicyclic) bond motifs is 2. The van der Waals surface area contributed by atoms with Crippen LogP contribution in [-0.4, -0.2) is 87.2 Å². The standard InChI is InChI=1S/C34H42N4O7/c1-33(2,3)44-31(41)36(7)19-21-9-8-10-23-22(18-35-28(21)23)17-27-29(40)24-11-12-26(39)25(30(24)43-27)20-37-13-15-38(16-14-37)32(42)45-34(4,5)6/h8-12,17-18,35,39H,13-16,19-20H2,1-7H3. The second kappa shape index (κ2) is 12.1. The quantitative estimate of drug-likeness (QED) is 0.338. The number of hydrogen-bond acceptors (Lipinski definition) is 8. The van der Waals surface area contributed by atoms with Crippen molar-refractivity contribution in [1.29, 1.82) is 0 Å². The second-order valence-electron chi connectivity index (χ2n) is 13.5. The number of aromatic hydroxyl groups is 1. The van der Waals surface area contributed by atoms with Crippen molar-refractivity contribution in [1.82, 2.24) is 19.7 Å². The molecule has 1 fully saturated rings. The Morgan fingerprint density at radius 3 is 2.38 bits per heavy atom. The van der Waals surface area contributed by atoms with Gasteiger partial charge in [-0.15, -0.1) is 0 Å². The SMILES string of the molecule is CN(Cc1cccc2c(C=C3Oc4c(ccc(O)c4CN4CCN(C(=O)OC(C)(C)C)CC4)C3=O)c[nH]c12)C(=O)OC(C)(C)C. The number of para-hydroxylation sites is 1. The molecule has 2 aromatic carbocycles. The normalized spacial score (nSPS) is 16.6. The number of ketones is 1. The molecule has 0 saturated carbocycles. The van der Waals surface area contributed by atoms with E-state index in [1.807, 2.05) is 59.7 Å². The van der Waals surface area contributed by atoms with Crippen LogP contribution in [-0.2, 0) is 22.6 Å². The molecule has 5 rings (SSSR count). The molecule has 0 radical (unpaired) electrons. The number of amides is 2. The second-order valence-corrected chi connectivity index (χ2v) is 13.5. The average molecular weight is 619 g/mol. The summed E-state index contributed by atoms with van der Waals surface area (Å²) in [6.07, 6.45) is 2.74. The molecule has 2 N–H and O–H groups in total. The van der Waals surface area contributed by atoms with E-state index < -0.39 is 17.3 Å². The maximum absolute atomic E-state index is 13.4. The van der Waals surface area contributed by atoms with Crippen LogP contribution in [0.2, 0.25) is 0 Å². The van der Waals surface area contributed by atoms with Crippen molar-refractivity contribution in [2.75, 3.05) is 33.2 Å². The van der Waals surface area contributed by atoms with Gasteiger partial charge in [-0.1, -0.05) is 18.2 Å². The van der Waals surface area contributed by atoms with Gasteiger partial charge in [-0.2, -0.15) is 0 Å². The number of benzene rings is 2. The van der Waals surface area contributed by atoms with Crippen LogP contribution in [0.4, 0.5) is 9.59 Å². The smallest absolute Gasteiger partial charge is 0.410 e. The van der Waals surface area contributed by atoms with Crippen LogP contribution in [0.1, 0.15) is 68.6 Å². The zero-order valence-electron chi connectivity index (χ0n) is 27.0. The minimum Gasteiger partial charge on any atom is -0.507 e. The van der Waals surface area contributed by atoms with Crippen LogP contribution in [0, 0.1) is 0 Å². The summed E-state index contributed by atoms with van der Waals surface area (Å²) in [6.45, 7) is 13.8. The van der Waals surface area contributed by atoms with E-state index in [-0.39, 0.29) is 23.4 Å². The van der Waals surface area contributed by atoms with Crippen molar-refractivity contribution in [2.45, 2.75) is 65.8 Å². The van der Waals surface area contributed by atoms with Crippen LogP contribution in [0.5, 0.6) is 11.5 Å². The van der Waals surface area contributed by atoms with Gasteiger partial charge in [-0.05, 0) is 65.3 Å². The first-order valence-corrected chi connectivity index (χ1v) is 15.1. The highest BCUT2D eigenvalue weighted by Crippen LogP contribution is 2.40. The van der Waals surface area contributed by atoms with Crippen LogP contribution in [0.15, 0.2) is 42.3 Å². The number of nitrogens with zero attached hydrogens (tertiary/aromatic N) is 3. The minimum atomic E-state index is -0.595. The molecule has 0 aliphatic carbocycles. The lowest BCUT2D eigenvalue weighted by Gasteiger charge is -2.35. The molecule has 45 heavy (non-hydrogen) atoms. The fraction of sp³-hybridized carbons (Fsp3) is 0.441. The van der Waals surface area contributed by atoms with E-state index in [1.165, 1.54) is 11.0 Å². The van der Waals surface area contributed by atoms with Gasteiger partial charge in [0.05, 0.1) is 23.2 Å². The number of phenols is 1. The number of H-pyrrole nitrogens is 1. The third-order valence-electron chi connectivity index (χ3n) is 7.55. The molecular formula is C34H42N4O7. The lowest BCUT2D eigenvalue weighted by molar-refractivity contribution is 0.0137. The summed E-state index contributed by atoms with van der Waals surface area (Å²) in [5, 5.41) is 11.7. The molecule has 3 heterocycles. The number of aromatic amines is 1. The number of aromatic nitrogens is 1. The van der Waals surface area contributed by atoms with Gasteiger partial charge in [0, 0.05) is 56.9 Å². The number of carbonyl (C=O) groups is 3. The molecule has 240 valence electrons. The Bertz CT molecular complexity index is 1650. The minimum absolute atomic E-state index is 0.0446. The molecule has 0 unspecified atom stereocenters. The Balaban J connectivity index is 1.31. The Labute approximate surface area is 263 Å². The van der Waals surface area contributed by atoms with Crippen molar-refractivity contribution in [3.8, 4) is 11.5 Å². The van der Waals surface area contributed by atoms with Gasteiger partial charge in [0.15, 0.2) is 5.76 Å². The highest BCUT2D eigenvalue weighted by atomic mass is 16.6. The summed E-state index contributed by atoms with van der Waals surface area (Å²) in [5.41, 5.74) is 2.25. The largest absolute Gasteiger partial charge is 0.507 e. The third-order valence-corrected chi connectivity index (χ3v) is 7.55. The molecule has 0 atom stereocenters. The average Bonchev–Trinajstić information content (AvgIpc) is 3.50. The van der Waals surface area contributed by atoms with Gasteiger partial charge in [0.2, 0.25) is 5.78 Å². The van der Waals surface area contributed by atoms with Crippen LogP contribution < -0.4 is 4.74 Å². The number of carbonyl (C=O) groups excluding carboxylic acids is 3. The third kappa shape index (κ3) is 7.25. The van der Waals surface area contributed by atoms with Crippen molar-refractivity contribution >= 4 is 34.9 Å². The summed E-state index contributed by atoms with van der Waals surface area (Å²) in [7, 11) is 1.69. The summed E-state index contributed by atoms with van der Waals surface area (Å²) in [6, 6.07) is 8.88. The van der Waals surface area contributed by atoms with Gasteiger partial charge in [0.1, 0.15) is 22.7 Å². The Hall–Kier alpha value is -4.51. The molecule has 2 amide bonds. The molecule has 3 aromatic rings. The maximum Gasteiger partial charge on any atom is 0.410 e. The maximum atomic E-state index is 13.4. The first kappa shape index (κ1) is 31.9. The molecule has 1 aromatic heterocycles. The number of Topliss-reactive ketones (excluding diaryl/α,β-unsaturated/α-hetero) is 1. The lowest BCUT2D eigenvalue weighted by Crippen LogP contribution is -2.49. The van der Waals surface area contributed by atoms with E-state index in [2.05, 4.69) is 9.88 Å². The zero-order valence-corrected chi connectivity index (χ0v) is 27.0. The summed E-state index contributed by atoms with van der Waals surface area (Å²) in [5.74, 6) is 0.281. The molecule has 2 aliphatic rings. The first-order chi connectivity index (χ1) is 21.1. The van der Waals surface area contributed by atoms with Gasteiger partial charge >= 0.3 is 12.2 Å². The van der Waals surface area contributed by atoms with E-state index in [9.17, 15) is 19.5 Å². The number of piperazine rings is 1. The van der Waals surface area contributed by atoms with Crippen molar-refractivity contribution in [3.63, 3.8) is 0 Å². The predicted octanol–water partition coefficient (Wildman–Crippen LogP) is 5.91. The molecule has 0 spiro atoms. The molecular weight excluding hydrogens is 576 g/mol. The van der Waals surface area contributed by atoms with Crippen molar-refractivity contribution in [2.24, 2.45) is 0 Å². The molecule has 11 nitrogen and oxygen atoms in total. The molecule has 1 saturated heterocycles. The summed E-state index contributed by atoms with van der Waals surface area (Å²) in [4.78, 5) is 47.0. The number of phenolic OH excluding ortho intramolecular Hbond substituents is 1. The highest BCUT2D eigenvalue weighted by molar-refractivity contribution is 6.15. The fourth-order valence-electron chi connectivity index (χ4n) is 5.38. The Kier molecular flexibility index (Phi) is 8.59. The topological polar surface area (TPSA) is 125 Å². The zero-order chi connectivity index (χ0) is 32.7. The highest BCUT2D eigenvalue weighted by Gasteiger charge is 2.33. The summed E-state index contributed by atoms with van der Waals surface area (Å²) >= 11 is 0. The molecule has 0 bridgehead atoms. The van der Waals surface area contributed by atoms with Crippen molar-refractivity contribution in [3.05, 3.63) is 64.5 Å². The molecule has 2 aliphatic heterocycles. The van der Waals surface area contributed by atoms with Crippen molar-refractivity contribution < 1.29 is 33.7 Å². The number of nitrogens with one attached hydrogen (secondary N) is 1. The summed E-state index contributed by atoms with van der Waals surface area (Å²) < 4.78 is 17.1. The van der Waals surface area contributed by atoms with Gasteiger partial charge in [-0.3, -0.25) is 9.69 Å². The van der Waals surface area contributed by atoms with E-state index in [0.717, 1.165) is 22.0 Å². The lowest BCUT2D eigenvalue weighted by atomic mass is 10.0. The van der Waals surface area contributed by atoms with Gasteiger partial charge in [-0.25, -0.2) is 9.59 Å². The first-order valence-electron chi connectivity index (χ1n) is 15.1. The van der Waals surface area contributed by atoms with Crippen LogP contribution in [0.3, 0.4) is 0 Å².